The number of urea groups is 1. The molecular formula is C15H19FN2O3. The number of halogens is 1. The van der Waals surface area contributed by atoms with E-state index in [-0.39, 0.29) is 17.3 Å². The summed E-state index contributed by atoms with van der Waals surface area (Å²) in [7, 11) is 0. The number of aromatic carboxylic acids is 1. The Labute approximate surface area is 122 Å². The fourth-order valence-electron chi connectivity index (χ4n) is 2.55. The van der Waals surface area contributed by atoms with Gasteiger partial charge in [-0.2, -0.15) is 0 Å². The van der Waals surface area contributed by atoms with Crippen LogP contribution in [0.25, 0.3) is 0 Å². The Bertz CT molecular complexity index is 540. The van der Waals surface area contributed by atoms with E-state index in [0.29, 0.717) is 5.92 Å². The lowest BCUT2D eigenvalue weighted by Gasteiger charge is -2.27. The van der Waals surface area contributed by atoms with Gasteiger partial charge in [-0.1, -0.05) is 6.92 Å². The molecule has 0 aliphatic heterocycles. The Balaban J connectivity index is 1.99. The van der Waals surface area contributed by atoms with Gasteiger partial charge < -0.3 is 15.7 Å². The molecule has 1 saturated carbocycles. The van der Waals surface area contributed by atoms with Crippen molar-refractivity contribution in [1.82, 2.24) is 5.32 Å². The Morgan fingerprint density at radius 2 is 1.90 bits per heavy atom. The number of hydrogen-bond donors (Lipinski definition) is 3. The maximum absolute atomic E-state index is 13.2. The highest BCUT2D eigenvalue weighted by Gasteiger charge is 2.20. The summed E-state index contributed by atoms with van der Waals surface area (Å²) in [4.78, 5) is 23.0. The number of carbonyl (C=O) groups excluding carboxylic acids is 1. The Morgan fingerprint density at radius 3 is 2.52 bits per heavy atom. The number of carboxylic acid groups (broad SMARTS) is 1. The van der Waals surface area contributed by atoms with Crippen molar-refractivity contribution in [2.75, 3.05) is 5.32 Å². The Morgan fingerprint density at radius 1 is 1.24 bits per heavy atom. The van der Waals surface area contributed by atoms with E-state index in [1.54, 1.807) is 0 Å². The molecular weight excluding hydrogens is 275 g/mol. The minimum atomic E-state index is -1.21. The summed E-state index contributed by atoms with van der Waals surface area (Å²) in [5.74, 6) is -1.13. The maximum Gasteiger partial charge on any atom is 0.337 e. The van der Waals surface area contributed by atoms with Crippen molar-refractivity contribution in [3.05, 3.63) is 29.6 Å². The SMILES string of the molecule is CC1CCC(NC(=O)Nc2cc(F)ccc2C(=O)O)CC1. The number of rotatable bonds is 3. The van der Waals surface area contributed by atoms with Crippen LogP contribution in [0.2, 0.25) is 0 Å². The highest BCUT2D eigenvalue weighted by molar-refractivity contribution is 6.00. The maximum atomic E-state index is 13.2. The summed E-state index contributed by atoms with van der Waals surface area (Å²) in [5, 5.41) is 14.3. The molecule has 0 atom stereocenters. The third kappa shape index (κ3) is 4.18. The van der Waals surface area contributed by atoms with Crippen LogP contribution in [0, 0.1) is 11.7 Å². The summed E-state index contributed by atoms with van der Waals surface area (Å²) in [5.41, 5.74) is -0.173. The summed E-state index contributed by atoms with van der Waals surface area (Å²) < 4.78 is 13.2. The molecule has 2 amide bonds. The van der Waals surface area contributed by atoms with E-state index in [0.717, 1.165) is 43.9 Å². The standard InChI is InChI=1S/C15H19FN2O3/c1-9-2-5-11(6-3-9)17-15(21)18-13-8-10(16)4-7-12(13)14(19)20/h4,7-9,11H,2-3,5-6H2,1H3,(H,19,20)(H2,17,18,21). The van der Waals surface area contributed by atoms with Crippen LogP contribution in [-0.2, 0) is 0 Å². The molecule has 0 aromatic heterocycles. The molecule has 1 aromatic carbocycles. The van der Waals surface area contributed by atoms with Crippen molar-refractivity contribution in [3.8, 4) is 0 Å². The topological polar surface area (TPSA) is 78.4 Å². The van der Waals surface area contributed by atoms with Crippen molar-refractivity contribution < 1.29 is 19.1 Å². The molecule has 2 rings (SSSR count). The Kier molecular flexibility index (Phi) is 4.77. The van der Waals surface area contributed by atoms with E-state index in [2.05, 4.69) is 17.6 Å². The fraction of sp³-hybridized carbons (Fsp3) is 0.467. The number of hydrogen-bond acceptors (Lipinski definition) is 2. The molecule has 3 N–H and O–H groups in total. The summed E-state index contributed by atoms with van der Waals surface area (Å²) in [6, 6.07) is 2.78. The van der Waals surface area contributed by atoms with Crippen LogP contribution in [-0.4, -0.2) is 23.1 Å². The summed E-state index contributed by atoms with van der Waals surface area (Å²) in [6.07, 6.45) is 3.93. The van der Waals surface area contributed by atoms with Gasteiger partial charge in [-0.05, 0) is 49.8 Å². The van der Waals surface area contributed by atoms with Crippen molar-refractivity contribution >= 4 is 17.7 Å². The van der Waals surface area contributed by atoms with Crippen molar-refractivity contribution in [2.24, 2.45) is 5.92 Å². The van der Waals surface area contributed by atoms with Gasteiger partial charge in [0.1, 0.15) is 5.82 Å². The van der Waals surface area contributed by atoms with Gasteiger partial charge in [0.05, 0.1) is 11.3 Å². The molecule has 21 heavy (non-hydrogen) atoms. The lowest BCUT2D eigenvalue weighted by molar-refractivity contribution is 0.0698. The van der Waals surface area contributed by atoms with Crippen LogP contribution in [0.4, 0.5) is 14.9 Å². The predicted molar refractivity (Wildman–Crippen MR) is 76.9 cm³/mol. The van der Waals surface area contributed by atoms with Crippen molar-refractivity contribution in [2.45, 2.75) is 38.6 Å². The largest absolute Gasteiger partial charge is 0.478 e. The first kappa shape index (κ1) is 15.3. The molecule has 0 unspecified atom stereocenters. The third-order valence-electron chi connectivity index (χ3n) is 3.81. The number of benzene rings is 1. The van der Waals surface area contributed by atoms with Crippen LogP contribution >= 0.6 is 0 Å². The van der Waals surface area contributed by atoms with Gasteiger partial charge in [-0.25, -0.2) is 14.0 Å². The minimum absolute atomic E-state index is 0.0378. The zero-order chi connectivity index (χ0) is 15.4. The second-order valence-electron chi connectivity index (χ2n) is 5.55. The van der Waals surface area contributed by atoms with Gasteiger partial charge >= 0.3 is 12.0 Å². The quantitative estimate of drug-likeness (QED) is 0.801. The van der Waals surface area contributed by atoms with Gasteiger partial charge in [0.25, 0.3) is 0 Å². The second kappa shape index (κ2) is 6.56. The number of carboxylic acids is 1. The molecule has 0 saturated heterocycles. The molecule has 0 bridgehead atoms. The van der Waals surface area contributed by atoms with Crippen LogP contribution in [0.3, 0.4) is 0 Å². The summed E-state index contributed by atoms with van der Waals surface area (Å²) >= 11 is 0. The molecule has 1 fully saturated rings. The van der Waals surface area contributed by atoms with E-state index < -0.39 is 17.8 Å². The zero-order valence-corrected chi connectivity index (χ0v) is 11.9. The average molecular weight is 294 g/mol. The molecule has 1 aliphatic carbocycles. The van der Waals surface area contributed by atoms with Crippen molar-refractivity contribution in [1.29, 1.82) is 0 Å². The van der Waals surface area contributed by atoms with Gasteiger partial charge in [0.15, 0.2) is 0 Å². The average Bonchev–Trinajstić information content (AvgIpc) is 2.41. The van der Waals surface area contributed by atoms with Gasteiger partial charge in [-0.3, -0.25) is 0 Å². The van der Waals surface area contributed by atoms with Gasteiger partial charge in [-0.15, -0.1) is 0 Å². The zero-order valence-electron chi connectivity index (χ0n) is 11.9. The first-order valence-electron chi connectivity index (χ1n) is 7.06. The predicted octanol–water partition coefficient (Wildman–Crippen LogP) is 3.22. The van der Waals surface area contributed by atoms with Gasteiger partial charge in [0.2, 0.25) is 0 Å². The Hall–Kier alpha value is -2.11. The molecule has 114 valence electrons. The molecule has 1 aromatic rings. The number of amides is 2. The molecule has 0 radical (unpaired) electrons. The fourth-order valence-corrected chi connectivity index (χ4v) is 2.55. The normalized spacial score (nSPS) is 21.6. The van der Waals surface area contributed by atoms with Crippen LogP contribution in [0.1, 0.15) is 43.0 Å². The third-order valence-corrected chi connectivity index (χ3v) is 3.81. The van der Waals surface area contributed by atoms with E-state index in [1.807, 2.05) is 0 Å². The smallest absolute Gasteiger partial charge is 0.337 e. The lowest BCUT2D eigenvalue weighted by Crippen LogP contribution is -2.40. The van der Waals surface area contributed by atoms with Crippen LogP contribution < -0.4 is 10.6 Å². The highest BCUT2D eigenvalue weighted by atomic mass is 19.1. The molecule has 5 nitrogen and oxygen atoms in total. The van der Waals surface area contributed by atoms with E-state index in [1.165, 1.54) is 0 Å². The number of carbonyl (C=O) groups is 2. The van der Waals surface area contributed by atoms with E-state index in [9.17, 15) is 14.0 Å². The number of nitrogens with one attached hydrogen (secondary N) is 2. The van der Waals surface area contributed by atoms with E-state index >= 15 is 0 Å². The van der Waals surface area contributed by atoms with Crippen LogP contribution in [0.15, 0.2) is 18.2 Å². The van der Waals surface area contributed by atoms with E-state index in [4.69, 9.17) is 5.11 Å². The van der Waals surface area contributed by atoms with Crippen molar-refractivity contribution in [3.63, 3.8) is 0 Å². The summed E-state index contributed by atoms with van der Waals surface area (Å²) in [6.45, 7) is 2.18. The van der Waals surface area contributed by atoms with Gasteiger partial charge in [0, 0.05) is 6.04 Å². The highest BCUT2D eigenvalue weighted by Crippen LogP contribution is 2.23. The molecule has 1 aliphatic rings. The molecule has 0 heterocycles. The number of anilines is 1. The van der Waals surface area contributed by atoms with Crippen LogP contribution in [0.5, 0.6) is 0 Å². The molecule has 0 spiro atoms. The monoisotopic (exact) mass is 294 g/mol. The molecule has 6 heteroatoms. The first-order valence-corrected chi connectivity index (χ1v) is 7.06. The minimum Gasteiger partial charge on any atom is -0.478 e. The second-order valence-corrected chi connectivity index (χ2v) is 5.55. The lowest BCUT2D eigenvalue weighted by atomic mass is 9.87. The first-order chi connectivity index (χ1) is 9.95.